The summed E-state index contributed by atoms with van der Waals surface area (Å²) in [6, 6.07) is 0. The Morgan fingerprint density at radius 2 is 0.452 bits per heavy atom. The summed E-state index contributed by atoms with van der Waals surface area (Å²) in [6.07, 6.45) is 3.43. The zero-order valence-electron chi connectivity index (χ0n) is 56.7. The van der Waals surface area contributed by atoms with Crippen molar-refractivity contribution >= 4 is 175 Å². The fraction of sp³-hybridized carbons (Fsp3) is 1.00. The lowest BCUT2D eigenvalue weighted by Gasteiger charge is -2.41. The Morgan fingerprint density at radius 1 is 0.231 bits per heavy atom. The van der Waals surface area contributed by atoms with E-state index in [2.05, 4.69) is 75.2 Å². The van der Waals surface area contributed by atoms with Gasteiger partial charge in [-0.2, -0.15) is 36.1 Å². The van der Waals surface area contributed by atoms with Crippen LogP contribution in [-0.2, 0) is 111 Å². The zero-order chi connectivity index (χ0) is 73.4. The molecular weight excluding hydrogens is 1790 g/mol. The van der Waals surface area contributed by atoms with Gasteiger partial charge in [0.15, 0.2) is 0 Å². The van der Waals surface area contributed by atoms with Crippen molar-refractivity contribution in [3.05, 3.63) is 9.72 Å². The Hall–Kier alpha value is 4.28. The summed E-state index contributed by atoms with van der Waals surface area (Å²) in [5.74, 6) is 0. The Bertz CT molecular complexity index is 2940. The van der Waals surface area contributed by atoms with E-state index in [0.717, 1.165) is 25.7 Å². The summed E-state index contributed by atoms with van der Waals surface area (Å²) in [5, 5.41) is 12.8. The minimum atomic E-state index is -3.08. The van der Waals surface area contributed by atoms with Crippen molar-refractivity contribution in [1.82, 2.24) is 20.3 Å². The van der Waals surface area contributed by atoms with Gasteiger partial charge in [0, 0.05) is 26.2 Å². The lowest BCUT2D eigenvalue weighted by molar-refractivity contribution is 0.00574. The van der Waals surface area contributed by atoms with Crippen LogP contribution in [0.2, 0.25) is 0 Å². The molecular formula is C44H92Cl8N16O24P12. The van der Waals surface area contributed by atoms with Gasteiger partial charge in [-0.15, -0.1) is 10.2 Å². The molecule has 104 heavy (non-hydrogen) atoms. The molecule has 12 aliphatic heterocycles. The highest BCUT2D eigenvalue weighted by Gasteiger charge is 2.52. The highest BCUT2D eigenvalue weighted by molar-refractivity contribution is 8.10. The predicted octanol–water partition coefficient (Wildman–Crippen LogP) is 17.9. The molecule has 60 heteroatoms. The van der Waals surface area contributed by atoms with E-state index in [1.54, 1.807) is 0 Å². The summed E-state index contributed by atoms with van der Waals surface area (Å²) < 4.78 is 179. The van der Waals surface area contributed by atoms with Crippen molar-refractivity contribution in [3.8, 4) is 0 Å². The fourth-order valence-electron chi connectivity index (χ4n) is 8.83. The molecule has 12 atom stereocenters. The molecule has 0 saturated carbocycles. The number of rotatable bonds is 0. The molecule has 12 heterocycles. The molecule has 0 aromatic heterocycles. The molecule has 6 fully saturated rings. The van der Waals surface area contributed by atoms with Crippen molar-refractivity contribution in [1.29, 1.82) is 0 Å². The van der Waals surface area contributed by atoms with Gasteiger partial charge in [0.2, 0.25) is 0 Å². The van der Waals surface area contributed by atoms with Crippen LogP contribution in [0.1, 0.15) is 25.7 Å². The fourth-order valence-corrected chi connectivity index (χ4v) is 57.6. The van der Waals surface area contributed by atoms with Crippen LogP contribution in [0.4, 0.5) is 0 Å². The van der Waals surface area contributed by atoms with Crippen LogP contribution >= 0.6 is 175 Å². The first-order chi connectivity index (χ1) is 50.1. The van der Waals surface area contributed by atoms with E-state index in [0.29, 0.717) is 211 Å². The summed E-state index contributed by atoms with van der Waals surface area (Å²) >= 11 is 52.8. The largest absolute Gasteiger partial charge is 0.502 e. The van der Waals surface area contributed by atoms with E-state index in [9.17, 15) is 0 Å². The van der Waals surface area contributed by atoms with Crippen molar-refractivity contribution < 1.29 is 111 Å². The second kappa shape index (κ2) is 47.2. The monoisotopic (exact) mass is 1880 g/mol. The number of hydrogen-bond acceptors (Lipinski definition) is 38. The van der Waals surface area contributed by atoms with Crippen molar-refractivity contribution in [3.63, 3.8) is 0 Å². The molecule has 4 N–H and O–H groups in total. The van der Waals surface area contributed by atoms with Gasteiger partial charge < -0.3 is 112 Å². The molecule has 2 unspecified atom stereocenters. The molecule has 0 amide bonds. The Labute approximate surface area is 646 Å². The number of ether oxygens (including phenoxy) is 12. The van der Waals surface area contributed by atoms with E-state index in [4.69, 9.17) is 201 Å². The number of halogens is 8. The van der Waals surface area contributed by atoms with Gasteiger partial charge in [-0.1, -0.05) is 63.0 Å². The summed E-state index contributed by atoms with van der Waals surface area (Å²) in [7, 11) is -11.0. The van der Waals surface area contributed by atoms with Crippen LogP contribution in [-0.4, -0.2) is 264 Å². The smallest absolute Gasteiger partial charge is 0.462 e. The third kappa shape index (κ3) is 33.2. The quantitative estimate of drug-likeness (QED) is 0.164. The summed E-state index contributed by atoms with van der Waals surface area (Å²) in [6.45, 7) is -7.67. The SMILES string of the molecule is Cl[P@@]12=N[P@]3(=N[P@@](Cl)(=N1)OCCOCCOCCOCCO2)NCCCO3.Cl[P@]12=N[P+]3(N=[P@](Cl)([N-]1)OCCOCCOCCOCCO2)NCCCO3.Cl[P@]12=N[P+]3(N=[P@](Cl)([N-]1)OCCOCCOCCOCCO2)NCCCO3.Cl[P@]12=N[P@](Cl)(=N[P@@]3(=N1)NCCCO3)OCCOCCOCCOCCO2. The molecule has 0 radical (unpaired) electrons. The lowest BCUT2D eigenvalue weighted by Crippen LogP contribution is -2.24. The molecule has 6 saturated heterocycles. The first-order valence-electron chi connectivity index (χ1n) is 33.0. The van der Waals surface area contributed by atoms with Crippen LogP contribution in [0, 0.1) is 0 Å². The van der Waals surface area contributed by atoms with Gasteiger partial charge in [0.1, 0.15) is 27.1 Å². The van der Waals surface area contributed by atoms with Gasteiger partial charge in [0.05, 0.1) is 238 Å². The normalized spacial score (nSPS) is 41.0. The number of nitrogens with one attached hydrogen (secondary N) is 4. The van der Waals surface area contributed by atoms with Gasteiger partial charge in [-0.3, -0.25) is 0 Å². The Kier molecular flexibility index (Phi) is 41.8. The minimum Gasteiger partial charge on any atom is -0.502 e. The molecule has 4 spiro atoms. The first kappa shape index (κ1) is 92.2. The van der Waals surface area contributed by atoms with Crippen LogP contribution in [0.3, 0.4) is 0 Å². The van der Waals surface area contributed by atoms with Crippen LogP contribution < -0.4 is 20.3 Å². The van der Waals surface area contributed by atoms with Crippen molar-refractivity contribution in [2.75, 3.05) is 264 Å². The maximum absolute atomic E-state index is 6.60. The number of hydrogen-bond donors (Lipinski definition) is 4. The van der Waals surface area contributed by atoms with Gasteiger partial charge in [-0.05, 0) is 70.6 Å². The molecule has 0 aliphatic carbocycles. The molecule has 12 rings (SSSR count). The van der Waals surface area contributed by atoms with E-state index >= 15 is 0 Å². The van der Waals surface area contributed by atoms with Gasteiger partial charge in [0.25, 0.3) is 15.2 Å². The molecule has 0 aromatic rings. The molecule has 608 valence electrons. The average Bonchev–Trinajstić information content (AvgIpc) is 0.780. The van der Waals surface area contributed by atoms with Crippen LogP contribution in [0.5, 0.6) is 0 Å². The topological polar surface area (TPSA) is 421 Å². The maximum atomic E-state index is 6.60. The summed E-state index contributed by atoms with van der Waals surface area (Å²) in [5.41, 5.74) is 0. The summed E-state index contributed by atoms with van der Waals surface area (Å²) in [4.78, 5) is 8.74. The van der Waals surface area contributed by atoms with E-state index in [1.807, 2.05) is 0 Å². The standard InChI is InChI=1S/4C11H23Cl2N4O6P3/c4*12-24-15-25(13,17-26(16-24)14-2-1-3-23-26)22-11-9-20-7-5-18-4-6-19-8-10-21-24/h4*14H,1-11H2/t2*24-,25+,26?;2*24-,25+,26-. The zero-order valence-corrected chi connectivity index (χ0v) is 73.4. The molecule has 0 aromatic carbocycles. The first-order valence-corrected chi connectivity index (χ1v) is 59.6. The number of nitrogens with zero attached hydrogens (tertiary/aromatic N) is 12. The molecule has 8 bridgehead atoms. The van der Waals surface area contributed by atoms with Crippen LogP contribution in [0.25, 0.3) is 9.72 Å². The third-order valence-electron chi connectivity index (χ3n) is 13.2. The Balaban J connectivity index is 0.000000161. The predicted molar refractivity (Wildman–Crippen MR) is 413 cm³/mol. The highest BCUT2D eigenvalue weighted by atomic mass is 35.7. The lowest BCUT2D eigenvalue weighted by atomic mass is 10.5. The maximum Gasteiger partial charge on any atom is 0.462 e. The van der Waals surface area contributed by atoms with Crippen molar-refractivity contribution in [2.24, 2.45) is 45.2 Å². The molecule has 12 aliphatic rings. The average molecular weight is 1880 g/mol. The Morgan fingerprint density at radius 3 is 0.673 bits per heavy atom. The van der Waals surface area contributed by atoms with E-state index in [-0.39, 0.29) is 52.9 Å². The van der Waals surface area contributed by atoms with Gasteiger partial charge in [-0.25, -0.2) is 10.2 Å². The van der Waals surface area contributed by atoms with E-state index in [1.165, 1.54) is 0 Å². The highest BCUT2D eigenvalue weighted by Crippen LogP contribution is 2.92. The second-order valence-electron chi connectivity index (χ2n) is 21.4. The number of fused-ring (bicyclic) bond motifs is 6. The third-order valence-corrected chi connectivity index (χ3v) is 56.0. The second-order valence-corrected chi connectivity index (χ2v) is 56.9. The van der Waals surface area contributed by atoms with Gasteiger partial charge >= 0.3 is 43.0 Å². The minimum absolute atomic E-state index is 0.226. The van der Waals surface area contributed by atoms with Crippen molar-refractivity contribution in [2.45, 2.75) is 25.7 Å². The molecule has 40 nitrogen and oxygen atoms in total. The van der Waals surface area contributed by atoms with Crippen LogP contribution in [0.15, 0.2) is 45.2 Å². The van der Waals surface area contributed by atoms with E-state index < -0.39 is 85.3 Å².